The molecule has 0 aliphatic rings. The first-order valence-corrected chi connectivity index (χ1v) is 13.1. The normalized spacial score (nSPS) is 11.3. The number of furan rings is 1. The van der Waals surface area contributed by atoms with Crippen LogP contribution in [0, 0.1) is 10.1 Å². The number of benzene rings is 4. The van der Waals surface area contributed by atoms with E-state index < -0.39 is 4.92 Å². The van der Waals surface area contributed by atoms with Crippen LogP contribution in [-0.2, 0) is 6.61 Å². The van der Waals surface area contributed by atoms with E-state index in [-0.39, 0.29) is 23.7 Å². The molecule has 43 heavy (non-hydrogen) atoms. The van der Waals surface area contributed by atoms with Gasteiger partial charge in [0, 0.05) is 23.1 Å². The summed E-state index contributed by atoms with van der Waals surface area (Å²) in [5, 5.41) is 16.7. The van der Waals surface area contributed by atoms with E-state index in [1.165, 1.54) is 37.2 Å². The van der Waals surface area contributed by atoms with Gasteiger partial charge in [-0.1, -0.05) is 30.3 Å². The van der Waals surface area contributed by atoms with E-state index >= 15 is 0 Å². The standard InChI is InChI=1S/C32H24N4O7/c1-40-27-15-21(16-28(41-2)30(27)42-19-20-11-13-23(14-12-20)36(38)39)18-33-35-31(29-17-22-7-3-6-10-26(22)43-29)34-25-9-5-4-8-24(25)32(35)37/h3-18H,19H2,1-2H3. The molecule has 0 bridgehead atoms. The Morgan fingerprint density at radius 2 is 1.65 bits per heavy atom. The number of hydrogen-bond donors (Lipinski definition) is 0. The van der Waals surface area contributed by atoms with Crippen molar-refractivity contribution in [1.82, 2.24) is 9.66 Å². The van der Waals surface area contributed by atoms with Gasteiger partial charge in [0.25, 0.3) is 11.2 Å². The molecule has 0 saturated carbocycles. The first-order chi connectivity index (χ1) is 20.9. The van der Waals surface area contributed by atoms with Gasteiger partial charge in [0.2, 0.25) is 11.6 Å². The predicted octanol–water partition coefficient (Wildman–Crippen LogP) is 6.20. The molecule has 0 unspecified atom stereocenters. The molecule has 0 N–H and O–H groups in total. The largest absolute Gasteiger partial charge is 0.493 e. The van der Waals surface area contributed by atoms with Gasteiger partial charge in [-0.05, 0) is 54.1 Å². The van der Waals surface area contributed by atoms with Crippen molar-refractivity contribution in [2.75, 3.05) is 14.2 Å². The maximum atomic E-state index is 13.6. The van der Waals surface area contributed by atoms with Crippen LogP contribution in [0.1, 0.15) is 11.1 Å². The predicted molar refractivity (Wildman–Crippen MR) is 161 cm³/mol. The lowest BCUT2D eigenvalue weighted by Crippen LogP contribution is -2.20. The molecule has 6 rings (SSSR count). The molecule has 0 radical (unpaired) electrons. The van der Waals surface area contributed by atoms with Crippen LogP contribution >= 0.6 is 0 Å². The lowest BCUT2D eigenvalue weighted by molar-refractivity contribution is -0.384. The maximum Gasteiger partial charge on any atom is 0.282 e. The summed E-state index contributed by atoms with van der Waals surface area (Å²) in [6.07, 6.45) is 1.50. The van der Waals surface area contributed by atoms with Gasteiger partial charge in [-0.2, -0.15) is 9.78 Å². The van der Waals surface area contributed by atoms with Gasteiger partial charge in [0.05, 0.1) is 36.3 Å². The minimum absolute atomic E-state index is 0.00764. The molecular formula is C32H24N4O7. The number of rotatable bonds is 9. The number of ether oxygens (including phenoxy) is 3. The zero-order valence-corrected chi connectivity index (χ0v) is 23.1. The topological polar surface area (TPSA) is 131 Å². The van der Waals surface area contributed by atoms with E-state index in [9.17, 15) is 14.9 Å². The number of nitrogens with zero attached hydrogens (tertiary/aromatic N) is 4. The number of nitro benzene ring substituents is 1. The van der Waals surface area contributed by atoms with Crippen molar-refractivity contribution in [3.05, 3.63) is 123 Å². The summed E-state index contributed by atoms with van der Waals surface area (Å²) in [6, 6.07) is 25.8. The van der Waals surface area contributed by atoms with Crippen molar-refractivity contribution in [1.29, 1.82) is 0 Å². The minimum Gasteiger partial charge on any atom is -0.493 e. The second-order valence-corrected chi connectivity index (χ2v) is 9.43. The van der Waals surface area contributed by atoms with Crippen LogP contribution < -0.4 is 19.8 Å². The molecule has 0 aliphatic carbocycles. The van der Waals surface area contributed by atoms with Gasteiger partial charge in [-0.25, -0.2) is 4.98 Å². The highest BCUT2D eigenvalue weighted by Crippen LogP contribution is 2.39. The van der Waals surface area contributed by atoms with Crippen molar-refractivity contribution >= 4 is 33.8 Å². The molecule has 6 aromatic rings. The summed E-state index contributed by atoms with van der Waals surface area (Å²) in [4.78, 5) is 28.8. The van der Waals surface area contributed by atoms with Crippen LogP contribution in [0.15, 0.2) is 105 Å². The molecular weight excluding hydrogens is 552 g/mol. The summed E-state index contributed by atoms with van der Waals surface area (Å²) in [7, 11) is 2.98. The Balaban J connectivity index is 1.37. The van der Waals surface area contributed by atoms with Gasteiger partial charge in [0.1, 0.15) is 12.2 Å². The molecule has 0 aliphatic heterocycles. The highest BCUT2D eigenvalue weighted by molar-refractivity contribution is 5.85. The van der Waals surface area contributed by atoms with Crippen LogP contribution in [0.3, 0.4) is 0 Å². The lowest BCUT2D eigenvalue weighted by atomic mass is 10.2. The summed E-state index contributed by atoms with van der Waals surface area (Å²) in [5.41, 5.74) is 2.10. The van der Waals surface area contributed by atoms with E-state index in [2.05, 4.69) is 5.10 Å². The van der Waals surface area contributed by atoms with Crippen LogP contribution in [0.4, 0.5) is 5.69 Å². The average molecular weight is 577 g/mol. The van der Waals surface area contributed by atoms with Crippen LogP contribution in [0.2, 0.25) is 0 Å². The smallest absolute Gasteiger partial charge is 0.282 e. The fraction of sp³-hybridized carbons (Fsp3) is 0.0938. The maximum absolute atomic E-state index is 13.6. The van der Waals surface area contributed by atoms with Gasteiger partial charge in [-0.3, -0.25) is 14.9 Å². The number of para-hydroxylation sites is 2. The number of methoxy groups -OCH3 is 2. The van der Waals surface area contributed by atoms with E-state index in [1.807, 2.05) is 36.4 Å². The first kappa shape index (κ1) is 27.2. The molecule has 214 valence electrons. The highest BCUT2D eigenvalue weighted by atomic mass is 16.6. The summed E-state index contributed by atoms with van der Waals surface area (Å²) in [5.74, 6) is 1.71. The molecule has 0 fully saturated rings. The Kier molecular flexibility index (Phi) is 7.27. The molecule has 0 spiro atoms. The quantitative estimate of drug-likeness (QED) is 0.113. The molecule has 11 nitrogen and oxygen atoms in total. The molecule has 0 atom stereocenters. The fourth-order valence-corrected chi connectivity index (χ4v) is 4.59. The zero-order valence-electron chi connectivity index (χ0n) is 23.1. The van der Waals surface area contributed by atoms with Crippen molar-refractivity contribution in [3.8, 4) is 28.8 Å². The SMILES string of the molecule is COc1cc(C=Nn2c(-c3cc4ccccc4o3)nc3ccccc3c2=O)cc(OC)c1OCc1ccc([N+](=O)[O-])cc1. The van der Waals surface area contributed by atoms with Crippen LogP contribution in [0.25, 0.3) is 33.5 Å². The molecule has 2 heterocycles. The monoisotopic (exact) mass is 576 g/mol. The Labute approximate surface area is 244 Å². The van der Waals surface area contributed by atoms with Crippen molar-refractivity contribution in [3.63, 3.8) is 0 Å². The third kappa shape index (κ3) is 5.38. The minimum atomic E-state index is -0.460. The van der Waals surface area contributed by atoms with Gasteiger partial charge < -0.3 is 18.6 Å². The Hall–Kier alpha value is -5.97. The van der Waals surface area contributed by atoms with E-state index in [1.54, 1.807) is 42.5 Å². The highest BCUT2D eigenvalue weighted by Gasteiger charge is 2.18. The molecule has 0 amide bonds. The number of nitro groups is 1. The summed E-state index contributed by atoms with van der Waals surface area (Å²) < 4.78 is 24.4. The fourth-order valence-electron chi connectivity index (χ4n) is 4.59. The Morgan fingerprint density at radius 1 is 0.953 bits per heavy atom. The first-order valence-electron chi connectivity index (χ1n) is 13.1. The van der Waals surface area contributed by atoms with Crippen molar-refractivity contribution in [2.24, 2.45) is 5.10 Å². The number of fused-ring (bicyclic) bond motifs is 2. The van der Waals surface area contributed by atoms with Crippen LogP contribution in [-0.4, -0.2) is 35.0 Å². The lowest BCUT2D eigenvalue weighted by Gasteiger charge is -2.15. The molecule has 11 heteroatoms. The Morgan fingerprint density at radius 3 is 2.35 bits per heavy atom. The molecule has 2 aromatic heterocycles. The third-order valence-electron chi connectivity index (χ3n) is 6.74. The van der Waals surface area contributed by atoms with Gasteiger partial charge >= 0.3 is 0 Å². The van der Waals surface area contributed by atoms with E-state index in [0.29, 0.717) is 45.1 Å². The number of non-ortho nitro benzene ring substituents is 1. The summed E-state index contributed by atoms with van der Waals surface area (Å²) >= 11 is 0. The number of hydrogen-bond acceptors (Lipinski definition) is 9. The average Bonchev–Trinajstić information content (AvgIpc) is 3.47. The van der Waals surface area contributed by atoms with Crippen molar-refractivity contribution in [2.45, 2.75) is 6.61 Å². The van der Waals surface area contributed by atoms with Crippen molar-refractivity contribution < 1.29 is 23.6 Å². The number of aromatic nitrogens is 2. The third-order valence-corrected chi connectivity index (χ3v) is 6.74. The summed E-state index contributed by atoms with van der Waals surface area (Å²) in [6.45, 7) is 0.122. The second-order valence-electron chi connectivity index (χ2n) is 9.43. The van der Waals surface area contributed by atoms with Crippen LogP contribution in [0.5, 0.6) is 17.2 Å². The zero-order chi connectivity index (χ0) is 29.9. The Bertz CT molecular complexity index is 2010. The van der Waals surface area contributed by atoms with E-state index in [4.69, 9.17) is 23.6 Å². The molecule has 0 saturated heterocycles. The molecule has 4 aromatic carbocycles. The van der Waals surface area contributed by atoms with Gasteiger partial charge in [-0.15, -0.1) is 0 Å². The van der Waals surface area contributed by atoms with E-state index in [0.717, 1.165) is 10.9 Å². The second kappa shape index (κ2) is 11.5. The van der Waals surface area contributed by atoms with Gasteiger partial charge in [0.15, 0.2) is 17.3 Å².